The van der Waals surface area contributed by atoms with Gasteiger partial charge in [0, 0.05) is 52.4 Å². The number of benzene rings is 1. The molecule has 0 saturated carbocycles. The van der Waals surface area contributed by atoms with Gasteiger partial charge < -0.3 is 5.11 Å². The Morgan fingerprint density at radius 3 is 2.36 bits per heavy atom. The van der Waals surface area contributed by atoms with Crippen LogP contribution in [0.5, 0.6) is 0 Å². The summed E-state index contributed by atoms with van der Waals surface area (Å²) in [5.41, 5.74) is 0.269. The Balaban J connectivity index is 1.92. The Kier molecular flexibility index (Phi) is 5.51. The minimum Gasteiger partial charge on any atom is -0.387 e. The molecule has 0 spiro atoms. The van der Waals surface area contributed by atoms with Crippen LogP contribution in [0.1, 0.15) is 11.7 Å². The maximum absolute atomic E-state index is 13.6. The van der Waals surface area contributed by atoms with Crippen molar-refractivity contribution in [3.05, 3.63) is 35.6 Å². The van der Waals surface area contributed by atoms with E-state index >= 15 is 0 Å². The van der Waals surface area contributed by atoms with E-state index in [1.54, 1.807) is 18.2 Å². The second kappa shape index (κ2) is 7.01. The first-order chi connectivity index (χ1) is 10.3. The van der Waals surface area contributed by atoms with Gasteiger partial charge in [-0.25, -0.2) is 4.39 Å². The van der Waals surface area contributed by atoms with Gasteiger partial charge in [-0.15, -0.1) is 0 Å². The molecule has 0 radical (unpaired) electrons. The molecule has 6 nitrogen and oxygen atoms in total. The number of hydrogen-bond acceptors (Lipinski definition) is 4. The molecule has 1 atom stereocenters. The molecule has 0 aromatic heterocycles. The highest BCUT2D eigenvalue weighted by Crippen LogP contribution is 2.19. The third kappa shape index (κ3) is 3.82. The first-order valence-corrected chi connectivity index (χ1v) is 8.54. The third-order valence-electron chi connectivity index (χ3n) is 3.81. The maximum atomic E-state index is 13.6. The fourth-order valence-corrected chi connectivity index (χ4v) is 3.55. The monoisotopic (exact) mass is 331 g/mol. The summed E-state index contributed by atoms with van der Waals surface area (Å²) in [6.45, 7) is 2.04. The summed E-state index contributed by atoms with van der Waals surface area (Å²) in [6, 6.07) is 6.15. The lowest BCUT2D eigenvalue weighted by atomic mass is 10.1. The first kappa shape index (κ1) is 17.3. The minimum absolute atomic E-state index is 0.269. The Hall–Kier alpha value is -1.06. The van der Waals surface area contributed by atoms with Crippen LogP contribution < -0.4 is 0 Å². The van der Waals surface area contributed by atoms with Crippen molar-refractivity contribution in [1.29, 1.82) is 0 Å². The molecule has 2 rings (SSSR count). The van der Waals surface area contributed by atoms with Crippen molar-refractivity contribution in [1.82, 2.24) is 13.5 Å². The third-order valence-corrected chi connectivity index (χ3v) is 5.75. The van der Waals surface area contributed by atoms with Crippen LogP contribution in [0.2, 0.25) is 0 Å². The number of halogens is 1. The predicted molar refractivity (Wildman–Crippen MR) is 82.0 cm³/mol. The van der Waals surface area contributed by atoms with E-state index in [1.165, 1.54) is 28.8 Å². The molecule has 1 aromatic rings. The Morgan fingerprint density at radius 2 is 1.82 bits per heavy atom. The van der Waals surface area contributed by atoms with Crippen molar-refractivity contribution < 1.29 is 17.9 Å². The number of piperazine rings is 1. The molecule has 8 heteroatoms. The van der Waals surface area contributed by atoms with Gasteiger partial charge in [0.2, 0.25) is 0 Å². The number of β-amino-alcohol motifs (C(OH)–C–C–N with tert-alkyl or cyclic N) is 1. The summed E-state index contributed by atoms with van der Waals surface area (Å²) in [7, 11) is -0.386. The number of hydrogen-bond donors (Lipinski definition) is 1. The lowest BCUT2D eigenvalue weighted by Gasteiger charge is -2.35. The molecule has 1 N–H and O–H groups in total. The van der Waals surface area contributed by atoms with Crippen molar-refractivity contribution in [3.63, 3.8) is 0 Å². The van der Waals surface area contributed by atoms with E-state index in [9.17, 15) is 17.9 Å². The summed E-state index contributed by atoms with van der Waals surface area (Å²) in [6.07, 6.45) is -0.918. The number of nitrogens with zero attached hydrogens (tertiary/aromatic N) is 3. The average molecular weight is 331 g/mol. The summed E-state index contributed by atoms with van der Waals surface area (Å²) in [5.74, 6) is -0.427. The molecule has 0 unspecified atom stereocenters. The van der Waals surface area contributed by atoms with Crippen molar-refractivity contribution in [2.75, 3.05) is 46.8 Å². The van der Waals surface area contributed by atoms with Gasteiger partial charge in [-0.3, -0.25) is 4.90 Å². The summed E-state index contributed by atoms with van der Waals surface area (Å²) in [4.78, 5) is 1.94. The van der Waals surface area contributed by atoms with Crippen LogP contribution in [0.15, 0.2) is 24.3 Å². The number of rotatable bonds is 5. The van der Waals surface area contributed by atoms with Gasteiger partial charge in [-0.05, 0) is 6.07 Å². The second-order valence-electron chi connectivity index (χ2n) is 5.53. The Bertz CT molecular complexity index is 601. The highest BCUT2D eigenvalue weighted by atomic mass is 32.2. The standard InChI is InChI=1S/C14H22FN3O3S/c1-16(2)22(20,21)18-9-7-17(8-10-18)11-14(19)12-5-3-4-6-13(12)15/h3-6,14,19H,7-11H2,1-2H3/t14-/m0/s1. The molecule has 1 saturated heterocycles. The molecule has 0 aliphatic carbocycles. The van der Waals surface area contributed by atoms with Crippen LogP contribution in [0.25, 0.3) is 0 Å². The first-order valence-electron chi connectivity index (χ1n) is 7.15. The Morgan fingerprint density at radius 1 is 1.23 bits per heavy atom. The number of aliphatic hydroxyl groups is 1. The van der Waals surface area contributed by atoms with Gasteiger partial charge in [0.15, 0.2) is 0 Å². The average Bonchev–Trinajstić information content (AvgIpc) is 2.48. The van der Waals surface area contributed by atoms with Crippen molar-refractivity contribution in [2.24, 2.45) is 0 Å². The van der Waals surface area contributed by atoms with Gasteiger partial charge in [0.05, 0.1) is 6.10 Å². The zero-order valence-electron chi connectivity index (χ0n) is 12.8. The summed E-state index contributed by atoms with van der Waals surface area (Å²) >= 11 is 0. The van der Waals surface area contributed by atoms with Gasteiger partial charge in [0.25, 0.3) is 10.2 Å². The van der Waals surface area contributed by atoms with E-state index in [0.717, 1.165) is 0 Å². The second-order valence-corrected chi connectivity index (χ2v) is 7.67. The minimum atomic E-state index is -3.39. The summed E-state index contributed by atoms with van der Waals surface area (Å²) < 4.78 is 40.3. The molecule has 1 aromatic carbocycles. The van der Waals surface area contributed by atoms with Gasteiger partial charge in [0.1, 0.15) is 5.82 Å². The van der Waals surface area contributed by atoms with Crippen LogP contribution in [-0.4, -0.2) is 73.9 Å². The topological polar surface area (TPSA) is 64.1 Å². The predicted octanol–water partition coefficient (Wildman–Crippen LogP) is 0.283. The molecular weight excluding hydrogens is 309 g/mol. The zero-order valence-corrected chi connectivity index (χ0v) is 13.6. The van der Waals surface area contributed by atoms with Crippen molar-refractivity contribution in [3.8, 4) is 0 Å². The molecule has 124 valence electrons. The fourth-order valence-electron chi connectivity index (χ4n) is 2.46. The normalized spacial score (nSPS) is 19.5. The molecule has 0 bridgehead atoms. The van der Waals surface area contributed by atoms with Gasteiger partial charge in [-0.1, -0.05) is 18.2 Å². The van der Waals surface area contributed by atoms with Crippen LogP contribution >= 0.6 is 0 Å². The molecular formula is C14H22FN3O3S. The maximum Gasteiger partial charge on any atom is 0.281 e. The van der Waals surface area contributed by atoms with E-state index in [4.69, 9.17) is 0 Å². The van der Waals surface area contributed by atoms with Crippen LogP contribution in [0.3, 0.4) is 0 Å². The molecule has 1 heterocycles. The molecule has 1 fully saturated rings. The van der Waals surface area contributed by atoms with Crippen LogP contribution in [0, 0.1) is 5.82 Å². The lowest BCUT2D eigenvalue weighted by molar-refractivity contribution is 0.0889. The van der Waals surface area contributed by atoms with E-state index < -0.39 is 22.1 Å². The molecule has 1 aliphatic rings. The van der Waals surface area contributed by atoms with Crippen LogP contribution in [-0.2, 0) is 10.2 Å². The highest BCUT2D eigenvalue weighted by Gasteiger charge is 2.29. The molecule has 1 aliphatic heterocycles. The smallest absolute Gasteiger partial charge is 0.281 e. The van der Waals surface area contributed by atoms with Crippen LogP contribution in [0.4, 0.5) is 4.39 Å². The van der Waals surface area contributed by atoms with Gasteiger partial charge in [-0.2, -0.15) is 17.0 Å². The fraction of sp³-hybridized carbons (Fsp3) is 0.571. The van der Waals surface area contributed by atoms with E-state index in [0.29, 0.717) is 26.2 Å². The molecule has 0 amide bonds. The zero-order chi connectivity index (χ0) is 16.3. The number of aliphatic hydroxyl groups excluding tert-OH is 1. The van der Waals surface area contributed by atoms with Crippen molar-refractivity contribution in [2.45, 2.75) is 6.10 Å². The van der Waals surface area contributed by atoms with E-state index in [-0.39, 0.29) is 12.1 Å². The quantitative estimate of drug-likeness (QED) is 0.842. The SMILES string of the molecule is CN(C)S(=O)(=O)N1CCN(C[C@H](O)c2ccccc2F)CC1. The van der Waals surface area contributed by atoms with E-state index in [1.807, 2.05) is 4.90 Å². The highest BCUT2D eigenvalue weighted by molar-refractivity contribution is 7.86. The van der Waals surface area contributed by atoms with Gasteiger partial charge >= 0.3 is 0 Å². The van der Waals surface area contributed by atoms with Crippen molar-refractivity contribution >= 4 is 10.2 Å². The summed E-state index contributed by atoms with van der Waals surface area (Å²) in [5, 5.41) is 10.1. The Labute approximate surface area is 130 Å². The largest absolute Gasteiger partial charge is 0.387 e. The molecule has 22 heavy (non-hydrogen) atoms. The van der Waals surface area contributed by atoms with E-state index in [2.05, 4.69) is 0 Å². The lowest BCUT2D eigenvalue weighted by Crippen LogP contribution is -2.52.